The van der Waals surface area contributed by atoms with Gasteiger partial charge in [-0.3, -0.25) is 4.79 Å². The molecule has 2 aromatic carbocycles. The van der Waals surface area contributed by atoms with Gasteiger partial charge < -0.3 is 5.32 Å². The number of aromatic nitrogens is 3. The maximum absolute atomic E-state index is 12.9. The quantitative estimate of drug-likeness (QED) is 0.541. The number of amides is 1. The topological polar surface area (TPSA) is 59.3 Å². The number of benzene rings is 2. The molecule has 1 amide bonds. The first kappa shape index (κ1) is 18.3. The molecule has 7 heteroatoms. The molecule has 0 aliphatic carbocycles. The van der Waals surface area contributed by atoms with E-state index in [4.69, 9.17) is 0 Å². The maximum Gasteiger partial charge on any atom is 0.224 e. The van der Waals surface area contributed by atoms with Crippen molar-refractivity contribution in [1.82, 2.24) is 19.9 Å². The van der Waals surface area contributed by atoms with E-state index in [0.717, 1.165) is 21.8 Å². The summed E-state index contributed by atoms with van der Waals surface area (Å²) in [6.07, 6.45) is 0.895. The third kappa shape index (κ3) is 4.09. The minimum Gasteiger partial charge on any atom is -0.355 e. The minimum atomic E-state index is -0.302. The lowest BCUT2D eigenvalue weighted by Gasteiger charge is -2.05. The van der Waals surface area contributed by atoms with Gasteiger partial charge in [0.05, 0.1) is 12.1 Å². The van der Waals surface area contributed by atoms with Gasteiger partial charge in [-0.1, -0.05) is 35.9 Å². The van der Waals surface area contributed by atoms with Crippen molar-refractivity contribution in [3.8, 4) is 11.4 Å². The second-order valence-corrected chi connectivity index (χ2v) is 7.47. The molecule has 0 bridgehead atoms. The molecule has 142 valence electrons. The number of hydrogen-bond donors (Lipinski definition) is 1. The number of nitrogens with zero attached hydrogens (tertiary/aromatic N) is 3. The van der Waals surface area contributed by atoms with Crippen molar-refractivity contribution < 1.29 is 9.18 Å². The van der Waals surface area contributed by atoms with Gasteiger partial charge in [-0.25, -0.2) is 8.91 Å². The minimum absolute atomic E-state index is 0.0860. The highest BCUT2D eigenvalue weighted by Crippen LogP contribution is 2.21. The Morgan fingerprint density at radius 1 is 1.21 bits per heavy atom. The van der Waals surface area contributed by atoms with Crippen molar-refractivity contribution in [1.29, 1.82) is 0 Å². The molecule has 28 heavy (non-hydrogen) atoms. The van der Waals surface area contributed by atoms with Crippen molar-refractivity contribution >= 4 is 22.2 Å². The van der Waals surface area contributed by atoms with Gasteiger partial charge in [0.25, 0.3) is 0 Å². The first-order valence-corrected chi connectivity index (χ1v) is 9.88. The number of carbonyl (C=O) groups excluding carboxylic acids is 1. The number of hydrogen-bond acceptors (Lipinski definition) is 4. The molecular weight excluding hydrogens is 375 g/mol. The van der Waals surface area contributed by atoms with Crippen molar-refractivity contribution in [2.24, 2.45) is 0 Å². The summed E-state index contributed by atoms with van der Waals surface area (Å²) in [5, 5.41) is 9.55. The number of carbonyl (C=O) groups is 1. The number of aryl methyl sites for hydroxylation is 1. The summed E-state index contributed by atoms with van der Waals surface area (Å²) in [5.74, 6) is 0.317. The Balaban J connectivity index is 1.38. The van der Waals surface area contributed by atoms with Crippen molar-refractivity contribution in [3.05, 3.63) is 76.5 Å². The van der Waals surface area contributed by atoms with E-state index < -0.39 is 0 Å². The molecular formula is C21H19FN4OS. The molecule has 1 N–H and O–H groups in total. The van der Waals surface area contributed by atoms with E-state index in [2.05, 4.69) is 21.5 Å². The molecule has 4 aromatic rings. The van der Waals surface area contributed by atoms with Gasteiger partial charge in [0.1, 0.15) is 5.82 Å². The van der Waals surface area contributed by atoms with E-state index >= 15 is 0 Å². The molecule has 0 fully saturated rings. The van der Waals surface area contributed by atoms with Crippen LogP contribution in [0.15, 0.2) is 53.9 Å². The van der Waals surface area contributed by atoms with Crippen LogP contribution in [0.3, 0.4) is 0 Å². The summed E-state index contributed by atoms with van der Waals surface area (Å²) < 4.78 is 14.8. The lowest BCUT2D eigenvalue weighted by atomic mass is 10.1. The average molecular weight is 394 g/mol. The van der Waals surface area contributed by atoms with Crippen LogP contribution >= 0.6 is 11.3 Å². The Morgan fingerprint density at radius 2 is 2.04 bits per heavy atom. The molecule has 0 radical (unpaired) electrons. The Hall–Kier alpha value is -3.06. The highest BCUT2D eigenvalue weighted by molar-refractivity contribution is 7.15. The van der Waals surface area contributed by atoms with Crippen molar-refractivity contribution in [2.45, 2.75) is 19.8 Å². The lowest BCUT2D eigenvalue weighted by molar-refractivity contribution is -0.120. The Kier molecular flexibility index (Phi) is 5.16. The van der Waals surface area contributed by atoms with Gasteiger partial charge in [0.2, 0.25) is 10.9 Å². The third-order valence-corrected chi connectivity index (χ3v) is 5.27. The van der Waals surface area contributed by atoms with E-state index in [1.807, 2.05) is 35.0 Å². The smallest absolute Gasteiger partial charge is 0.224 e. The van der Waals surface area contributed by atoms with Gasteiger partial charge in [-0.15, -0.1) is 16.4 Å². The number of rotatable bonds is 6. The molecule has 0 saturated carbocycles. The Bertz CT molecular complexity index is 1120. The molecule has 0 unspecified atom stereocenters. The molecule has 0 saturated heterocycles. The normalized spacial score (nSPS) is 11.1. The number of thiazole rings is 1. The van der Waals surface area contributed by atoms with Crippen molar-refractivity contribution in [2.75, 3.05) is 6.54 Å². The fourth-order valence-electron chi connectivity index (χ4n) is 2.98. The van der Waals surface area contributed by atoms with Gasteiger partial charge in [0.15, 0.2) is 5.82 Å². The molecule has 0 spiro atoms. The van der Waals surface area contributed by atoms with Crippen LogP contribution in [0, 0.1) is 12.7 Å². The maximum atomic E-state index is 12.9. The predicted molar refractivity (Wildman–Crippen MR) is 108 cm³/mol. The Morgan fingerprint density at radius 3 is 2.82 bits per heavy atom. The van der Waals surface area contributed by atoms with Crippen LogP contribution in [0.1, 0.15) is 16.8 Å². The molecule has 2 aromatic heterocycles. The van der Waals surface area contributed by atoms with Gasteiger partial charge in [-0.05, 0) is 30.7 Å². The highest BCUT2D eigenvalue weighted by Gasteiger charge is 2.12. The zero-order valence-corrected chi connectivity index (χ0v) is 16.2. The van der Waals surface area contributed by atoms with Crippen LogP contribution in [-0.4, -0.2) is 27.0 Å². The zero-order chi connectivity index (χ0) is 19.5. The van der Waals surface area contributed by atoms with Crippen LogP contribution in [0.2, 0.25) is 0 Å². The summed E-state index contributed by atoms with van der Waals surface area (Å²) in [5.41, 5.74) is 3.96. The largest absolute Gasteiger partial charge is 0.355 e. The fraction of sp³-hybridized carbons (Fsp3) is 0.190. The summed E-state index contributed by atoms with van der Waals surface area (Å²) in [7, 11) is 0. The number of nitrogens with one attached hydrogen (secondary N) is 1. The summed E-state index contributed by atoms with van der Waals surface area (Å²) in [4.78, 5) is 17.5. The van der Waals surface area contributed by atoms with E-state index in [1.54, 1.807) is 12.1 Å². The molecule has 0 aliphatic heterocycles. The standard InChI is InChI=1S/C21H19FN4OS/c1-14-3-2-4-16(11-14)20-24-21-26(25-20)18(13-28-21)9-10-23-19(27)12-15-5-7-17(22)8-6-15/h2-8,11,13H,9-10,12H2,1H3,(H,23,27). The first-order valence-electron chi connectivity index (χ1n) is 9.00. The summed E-state index contributed by atoms with van der Waals surface area (Å²) >= 11 is 1.54. The monoisotopic (exact) mass is 394 g/mol. The summed E-state index contributed by atoms with van der Waals surface area (Å²) in [6, 6.07) is 14.1. The molecule has 0 atom stereocenters. The van der Waals surface area contributed by atoms with Gasteiger partial charge in [0, 0.05) is 23.9 Å². The van der Waals surface area contributed by atoms with Gasteiger partial charge >= 0.3 is 0 Å². The van der Waals surface area contributed by atoms with Gasteiger partial charge in [-0.2, -0.15) is 4.98 Å². The van der Waals surface area contributed by atoms with Crippen LogP contribution in [0.25, 0.3) is 16.3 Å². The van der Waals surface area contributed by atoms with E-state index in [-0.39, 0.29) is 18.1 Å². The van der Waals surface area contributed by atoms with Crippen LogP contribution in [-0.2, 0) is 17.6 Å². The fourth-order valence-corrected chi connectivity index (χ4v) is 3.84. The van der Waals surface area contributed by atoms with E-state index in [1.165, 1.54) is 29.0 Å². The molecule has 5 nitrogen and oxygen atoms in total. The number of fused-ring (bicyclic) bond motifs is 1. The zero-order valence-electron chi connectivity index (χ0n) is 15.4. The van der Waals surface area contributed by atoms with Crippen molar-refractivity contribution in [3.63, 3.8) is 0 Å². The first-order chi connectivity index (χ1) is 13.6. The second-order valence-electron chi connectivity index (χ2n) is 6.63. The Labute approximate surface area is 165 Å². The molecule has 4 rings (SSSR count). The number of halogens is 1. The summed E-state index contributed by atoms with van der Waals surface area (Å²) in [6.45, 7) is 2.55. The second kappa shape index (κ2) is 7.90. The van der Waals surface area contributed by atoms with E-state index in [0.29, 0.717) is 18.8 Å². The lowest BCUT2D eigenvalue weighted by Crippen LogP contribution is -2.27. The molecule has 0 aliphatic rings. The van der Waals surface area contributed by atoms with E-state index in [9.17, 15) is 9.18 Å². The average Bonchev–Trinajstić information content (AvgIpc) is 3.25. The molecule has 2 heterocycles. The van der Waals surface area contributed by atoms with Crippen LogP contribution in [0.4, 0.5) is 4.39 Å². The third-order valence-electron chi connectivity index (χ3n) is 4.41. The van der Waals surface area contributed by atoms with Crippen LogP contribution in [0.5, 0.6) is 0 Å². The highest BCUT2D eigenvalue weighted by atomic mass is 32.1. The SMILES string of the molecule is Cc1cccc(-c2nc3scc(CCNC(=O)Cc4ccc(F)cc4)n3n2)c1. The van der Waals surface area contributed by atoms with Crippen LogP contribution < -0.4 is 5.32 Å². The predicted octanol–water partition coefficient (Wildman–Crippen LogP) is 3.81.